The second-order valence-corrected chi connectivity index (χ2v) is 8.17. The number of ether oxygens (including phenoxy) is 1. The van der Waals surface area contributed by atoms with Crippen LogP contribution >= 0.6 is 11.6 Å². The highest BCUT2D eigenvalue weighted by atomic mass is 35.5. The average Bonchev–Trinajstić information content (AvgIpc) is 2.59. The van der Waals surface area contributed by atoms with Gasteiger partial charge in [0.25, 0.3) is 15.9 Å². The third-order valence-electron chi connectivity index (χ3n) is 3.83. The van der Waals surface area contributed by atoms with E-state index in [1.54, 1.807) is 19.1 Å². The van der Waals surface area contributed by atoms with Gasteiger partial charge in [-0.2, -0.15) is 0 Å². The molecule has 140 valence electrons. The molecule has 26 heavy (non-hydrogen) atoms. The number of sulfonamides is 1. The SMILES string of the molecule is CCC(Oc1ccccc1C(C)C)C(=O)NS(=O)(=O)c1ccccc1Cl. The Labute approximate surface area is 159 Å². The number of rotatable bonds is 7. The summed E-state index contributed by atoms with van der Waals surface area (Å²) in [6.45, 7) is 5.79. The van der Waals surface area contributed by atoms with Gasteiger partial charge in [-0.3, -0.25) is 4.79 Å². The van der Waals surface area contributed by atoms with Crippen LogP contribution in [0.1, 0.15) is 38.7 Å². The van der Waals surface area contributed by atoms with Crippen molar-refractivity contribution in [3.05, 3.63) is 59.1 Å². The molecule has 0 saturated carbocycles. The van der Waals surface area contributed by atoms with Crippen LogP contribution in [-0.2, 0) is 14.8 Å². The molecule has 0 aromatic heterocycles. The third kappa shape index (κ3) is 4.77. The normalized spacial score (nSPS) is 12.7. The summed E-state index contributed by atoms with van der Waals surface area (Å²) in [5.74, 6) is 0.0456. The number of para-hydroxylation sites is 1. The fraction of sp³-hybridized carbons (Fsp3) is 0.316. The molecule has 1 unspecified atom stereocenters. The maximum atomic E-state index is 12.5. The Morgan fingerprint density at radius 1 is 1.12 bits per heavy atom. The Bertz CT molecular complexity index is 881. The molecule has 0 aliphatic heterocycles. The number of amides is 1. The maximum Gasteiger partial charge on any atom is 0.274 e. The van der Waals surface area contributed by atoms with Gasteiger partial charge < -0.3 is 4.74 Å². The van der Waals surface area contributed by atoms with E-state index in [9.17, 15) is 13.2 Å². The first-order valence-corrected chi connectivity index (χ1v) is 10.2. The predicted molar refractivity (Wildman–Crippen MR) is 102 cm³/mol. The van der Waals surface area contributed by atoms with E-state index in [0.717, 1.165) is 5.56 Å². The zero-order valence-electron chi connectivity index (χ0n) is 14.9. The van der Waals surface area contributed by atoms with E-state index in [-0.39, 0.29) is 15.8 Å². The molecular weight excluding hydrogens is 374 g/mol. The molecule has 0 radical (unpaired) electrons. The van der Waals surface area contributed by atoms with Gasteiger partial charge in [-0.05, 0) is 36.1 Å². The topological polar surface area (TPSA) is 72.5 Å². The van der Waals surface area contributed by atoms with Gasteiger partial charge in [-0.1, -0.05) is 62.7 Å². The first kappa shape index (κ1) is 20.3. The lowest BCUT2D eigenvalue weighted by Crippen LogP contribution is -2.41. The number of carbonyl (C=O) groups is 1. The molecule has 0 spiro atoms. The van der Waals surface area contributed by atoms with Crippen molar-refractivity contribution < 1.29 is 17.9 Å². The molecule has 0 heterocycles. The van der Waals surface area contributed by atoms with Crippen LogP contribution in [0.3, 0.4) is 0 Å². The maximum absolute atomic E-state index is 12.5. The molecular formula is C19H22ClNO4S. The van der Waals surface area contributed by atoms with E-state index in [4.69, 9.17) is 16.3 Å². The smallest absolute Gasteiger partial charge is 0.274 e. The van der Waals surface area contributed by atoms with Crippen molar-refractivity contribution in [3.63, 3.8) is 0 Å². The van der Waals surface area contributed by atoms with Crippen molar-refractivity contribution in [1.29, 1.82) is 0 Å². The standard InChI is InChI=1S/C19H22ClNO4S/c1-4-16(25-17-11-7-5-9-14(17)13(2)3)19(22)21-26(23,24)18-12-8-6-10-15(18)20/h5-13,16H,4H2,1-3H3,(H,21,22). The van der Waals surface area contributed by atoms with Gasteiger partial charge in [0.1, 0.15) is 10.6 Å². The molecule has 0 aliphatic carbocycles. The highest BCUT2D eigenvalue weighted by Crippen LogP contribution is 2.27. The molecule has 1 N–H and O–H groups in total. The summed E-state index contributed by atoms with van der Waals surface area (Å²) in [4.78, 5) is 12.4. The van der Waals surface area contributed by atoms with Gasteiger partial charge in [0.05, 0.1) is 5.02 Å². The lowest BCUT2D eigenvalue weighted by atomic mass is 10.0. The number of benzene rings is 2. The Kier molecular flexibility index (Phi) is 6.67. The summed E-state index contributed by atoms with van der Waals surface area (Å²) < 4.78 is 32.8. The molecule has 0 fully saturated rings. The van der Waals surface area contributed by atoms with Gasteiger partial charge in [-0.15, -0.1) is 0 Å². The second kappa shape index (κ2) is 8.56. The van der Waals surface area contributed by atoms with Crippen LogP contribution in [0.4, 0.5) is 0 Å². The quantitative estimate of drug-likeness (QED) is 0.765. The van der Waals surface area contributed by atoms with Crippen molar-refractivity contribution >= 4 is 27.5 Å². The summed E-state index contributed by atoms with van der Waals surface area (Å²) in [6.07, 6.45) is -0.622. The highest BCUT2D eigenvalue weighted by molar-refractivity contribution is 7.90. The average molecular weight is 396 g/mol. The molecule has 7 heteroatoms. The number of carbonyl (C=O) groups excluding carboxylic acids is 1. The molecule has 1 atom stereocenters. The number of hydrogen-bond acceptors (Lipinski definition) is 4. The largest absolute Gasteiger partial charge is 0.480 e. The van der Waals surface area contributed by atoms with Crippen LogP contribution in [-0.4, -0.2) is 20.4 Å². The van der Waals surface area contributed by atoms with Gasteiger partial charge in [0.15, 0.2) is 6.10 Å². The minimum atomic E-state index is -4.08. The predicted octanol–water partition coefficient (Wildman–Crippen LogP) is 4.13. The molecule has 2 aromatic rings. The molecule has 2 aromatic carbocycles. The first-order chi connectivity index (χ1) is 12.3. The van der Waals surface area contributed by atoms with Crippen molar-refractivity contribution in [1.82, 2.24) is 4.72 Å². The van der Waals surface area contributed by atoms with E-state index < -0.39 is 22.0 Å². The zero-order chi connectivity index (χ0) is 19.3. The van der Waals surface area contributed by atoms with Crippen LogP contribution in [0.5, 0.6) is 5.75 Å². The van der Waals surface area contributed by atoms with Crippen LogP contribution in [0.2, 0.25) is 5.02 Å². The fourth-order valence-electron chi connectivity index (χ4n) is 2.46. The van der Waals surface area contributed by atoms with Crippen LogP contribution in [0, 0.1) is 0 Å². The van der Waals surface area contributed by atoms with Crippen LogP contribution < -0.4 is 9.46 Å². The zero-order valence-corrected chi connectivity index (χ0v) is 16.5. The lowest BCUT2D eigenvalue weighted by Gasteiger charge is -2.20. The molecule has 0 bridgehead atoms. The van der Waals surface area contributed by atoms with E-state index in [0.29, 0.717) is 12.2 Å². The van der Waals surface area contributed by atoms with Gasteiger partial charge >= 0.3 is 0 Å². The molecule has 5 nitrogen and oxygen atoms in total. The Hall–Kier alpha value is -2.05. The van der Waals surface area contributed by atoms with Crippen LogP contribution in [0.15, 0.2) is 53.4 Å². The summed E-state index contributed by atoms with van der Waals surface area (Å²) in [5.41, 5.74) is 0.952. The minimum Gasteiger partial charge on any atom is -0.480 e. The summed E-state index contributed by atoms with van der Waals surface area (Å²) in [6, 6.07) is 13.3. The minimum absolute atomic E-state index is 0.0481. The van der Waals surface area contributed by atoms with Gasteiger partial charge in [-0.25, -0.2) is 13.1 Å². The van der Waals surface area contributed by atoms with Gasteiger partial charge in [0.2, 0.25) is 0 Å². The van der Waals surface area contributed by atoms with Crippen LogP contribution in [0.25, 0.3) is 0 Å². The summed E-state index contributed by atoms with van der Waals surface area (Å²) in [7, 11) is -4.08. The molecule has 0 saturated heterocycles. The Balaban J connectivity index is 2.21. The number of nitrogens with one attached hydrogen (secondary N) is 1. The molecule has 1 amide bonds. The summed E-state index contributed by atoms with van der Waals surface area (Å²) >= 11 is 5.93. The van der Waals surface area contributed by atoms with Gasteiger partial charge in [0, 0.05) is 0 Å². The van der Waals surface area contributed by atoms with Crippen molar-refractivity contribution in [2.45, 2.75) is 44.1 Å². The monoisotopic (exact) mass is 395 g/mol. The van der Waals surface area contributed by atoms with E-state index in [2.05, 4.69) is 4.72 Å². The molecule has 2 rings (SSSR count). The molecule has 0 aliphatic rings. The Morgan fingerprint density at radius 3 is 2.35 bits per heavy atom. The fourth-order valence-corrected chi connectivity index (χ4v) is 3.99. The Morgan fingerprint density at radius 2 is 1.73 bits per heavy atom. The third-order valence-corrected chi connectivity index (χ3v) is 5.68. The second-order valence-electron chi connectivity index (χ2n) is 6.11. The highest BCUT2D eigenvalue weighted by Gasteiger charge is 2.27. The first-order valence-electron chi connectivity index (χ1n) is 8.33. The van der Waals surface area contributed by atoms with E-state index in [1.807, 2.05) is 32.0 Å². The van der Waals surface area contributed by atoms with Crippen molar-refractivity contribution in [3.8, 4) is 5.75 Å². The van der Waals surface area contributed by atoms with Crippen molar-refractivity contribution in [2.24, 2.45) is 0 Å². The van der Waals surface area contributed by atoms with E-state index in [1.165, 1.54) is 18.2 Å². The van der Waals surface area contributed by atoms with E-state index >= 15 is 0 Å². The summed E-state index contributed by atoms with van der Waals surface area (Å²) in [5, 5.41) is 0.0481. The number of hydrogen-bond donors (Lipinski definition) is 1. The lowest BCUT2D eigenvalue weighted by molar-refractivity contribution is -0.126. The number of halogens is 1. The van der Waals surface area contributed by atoms with Crippen molar-refractivity contribution in [2.75, 3.05) is 0 Å².